The Balaban J connectivity index is 1.93. The molecule has 1 fully saturated rings. The Labute approximate surface area is 121 Å². The molecule has 1 aromatic heterocycles. The molecule has 2 rings (SSSR count). The molecule has 0 aliphatic carbocycles. The van der Waals surface area contributed by atoms with E-state index in [0.717, 1.165) is 11.3 Å². The Kier molecular flexibility index (Phi) is 5.11. The molecule has 1 atom stereocenters. The summed E-state index contributed by atoms with van der Waals surface area (Å²) in [5.41, 5.74) is 5.99. The van der Waals surface area contributed by atoms with E-state index in [0.29, 0.717) is 26.2 Å². The second-order valence-electron chi connectivity index (χ2n) is 4.84. The van der Waals surface area contributed by atoms with E-state index in [4.69, 9.17) is 10.8 Å². The van der Waals surface area contributed by atoms with E-state index in [1.165, 1.54) is 11.3 Å². The van der Waals surface area contributed by atoms with Crippen LogP contribution in [-0.4, -0.2) is 59.5 Å². The van der Waals surface area contributed by atoms with Crippen LogP contribution >= 0.6 is 11.3 Å². The number of carboxylic acids is 1. The quantitative estimate of drug-likeness (QED) is 0.838. The number of thiophene rings is 1. The minimum atomic E-state index is -0.833. The van der Waals surface area contributed by atoms with Gasteiger partial charge in [-0.25, -0.2) is 0 Å². The molecule has 0 spiro atoms. The first-order valence-electron chi connectivity index (χ1n) is 6.60. The topological polar surface area (TPSA) is 86.9 Å². The predicted molar refractivity (Wildman–Crippen MR) is 76.5 cm³/mol. The number of hydrogen-bond acceptors (Lipinski definition) is 5. The number of rotatable bonds is 4. The predicted octanol–water partition coefficient (Wildman–Crippen LogP) is 0.367. The van der Waals surface area contributed by atoms with E-state index >= 15 is 0 Å². The fourth-order valence-electron chi connectivity index (χ4n) is 2.33. The standard InChI is InChI=1S/C13H19N3O3S/c14-12(10-3-1-8-20-10)13(19)16-5-2-4-15(6-7-16)9-11(17)18/h1,3,8,12H,2,4-7,9,14H2,(H,17,18). The zero-order valence-corrected chi connectivity index (χ0v) is 12.0. The fourth-order valence-corrected chi connectivity index (χ4v) is 3.05. The van der Waals surface area contributed by atoms with Gasteiger partial charge in [-0.15, -0.1) is 11.3 Å². The lowest BCUT2D eigenvalue weighted by molar-refractivity contribution is -0.138. The van der Waals surface area contributed by atoms with Crippen molar-refractivity contribution in [2.45, 2.75) is 12.5 Å². The van der Waals surface area contributed by atoms with Crippen molar-refractivity contribution in [3.05, 3.63) is 22.4 Å². The number of aliphatic carboxylic acids is 1. The van der Waals surface area contributed by atoms with E-state index in [-0.39, 0.29) is 12.5 Å². The van der Waals surface area contributed by atoms with Crippen molar-refractivity contribution >= 4 is 23.2 Å². The Morgan fingerprint density at radius 2 is 2.15 bits per heavy atom. The molecule has 0 bridgehead atoms. The molecule has 1 amide bonds. The summed E-state index contributed by atoms with van der Waals surface area (Å²) in [5, 5.41) is 10.7. The third-order valence-electron chi connectivity index (χ3n) is 3.37. The maximum Gasteiger partial charge on any atom is 0.317 e. The van der Waals surface area contributed by atoms with E-state index in [1.54, 1.807) is 4.90 Å². The average molecular weight is 297 g/mol. The van der Waals surface area contributed by atoms with Gasteiger partial charge < -0.3 is 15.7 Å². The van der Waals surface area contributed by atoms with Crippen molar-refractivity contribution in [1.82, 2.24) is 9.80 Å². The van der Waals surface area contributed by atoms with Gasteiger partial charge in [-0.1, -0.05) is 6.07 Å². The first-order chi connectivity index (χ1) is 9.58. The number of carbonyl (C=O) groups excluding carboxylic acids is 1. The number of nitrogens with zero attached hydrogens (tertiary/aromatic N) is 2. The maximum absolute atomic E-state index is 12.4. The molecule has 3 N–H and O–H groups in total. The highest BCUT2D eigenvalue weighted by Gasteiger charge is 2.25. The van der Waals surface area contributed by atoms with Crippen molar-refractivity contribution < 1.29 is 14.7 Å². The summed E-state index contributed by atoms with van der Waals surface area (Å²) in [4.78, 5) is 27.5. The van der Waals surface area contributed by atoms with E-state index < -0.39 is 12.0 Å². The van der Waals surface area contributed by atoms with Gasteiger partial charge in [0.1, 0.15) is 6.04 Å². The molecule has 2 heterocycles. The number of amides is 1. The van der Waals surface area contributed by atoms with Crippen LogP contribution in [-0.2, 0) is 9.59 Å². The van der Waals surface area contributed by atoms with Crippen molar-refractivity contribution in [1.29, 1.82) is 0 Å². The lowest BCUT2D eigenvalue weighted by atomic mass is 10.2. The molecule has 0 radical (unpaired) electrons. The third kappa shape index (κ3) is 3.78. The Hall–Kier alpha value is -1.44. The molecule has 1 aliphatic rings. The molecule has 1 saturated heterocycles. The van der Waals surface area contributed by atoms with Gasteiger partial charge in [0.15, 0.2) is 0 Å². The van der Waals surface area contributed by atoms with Gasteiger partial charge >= 0.3 is 5.97 Å². The lowest BCUT2D eigenvalue weighted by Crippen LogP contribution is -2.41. The summed E-state index contributed by atoms with van der Waals surface area (Å²) >= 11 is 1.48. The highest BCUT2D eigenvalue weighted by molar-refractivity contribution is 7.10. The van der Waals surface area contributed by atoms with Gasteiger partial charge in [0, 0.05) is 31.1 Å². The smallest absolute Gasteiger partial charge is 0.317 e. The first kappa shape index (κ1) is 15.0. The van der Waals surface area contributed by atoms with Gasteiger partial charge in [0.05, 0.1) is 6.54 Å². The normalized spacial score (nSPS) is 18.6. The van der Waals surface area contributed by atoms with Crippen LogP contribution in [0, 0.1) is 0 Å². The van der Waals surface area contributed by atoms with Crippen LogP contribution in [0.5, 0.6) is 0 Å². The SMILES string of the molecule is NC(C(=O)N1CCCN(CC(=O)O)CC1)c1cccs1. The van der Waals surface area contributed by atoms with Crippen LogP contribution in [0.4, 0.5) is 0 Å². The van der Waals surface area contributed by atoms with Gasteiger partial charge in [-0.2, -0.15) is 0 Å². The summed E-state index contributed by atoms with van der Waals surface area (Å²) in [6, 6.07) is 3.13. The molecule has 1 unspecified atom stereocenters. The zero-order valence-electron chi connectivity index (χ0n) is 11.2. The van der Waals surface area contributed by atoms with Crippen LogP contribution in [0.15, 0.2) is 17.5 Å². The molecule has 1 aromatic rings. The van der Waals surface area contributed by atoms with Crippen LogP contribution in [0.3, 0.4) is 0 Å². The van der Waals surface area contributed by atoms with Gasteiger partial charge in [-0.3, -0.25) is 14.5 Å². The molecule has 0 saturated carbocycles. The highest BCUT2D eigenvalue weighted by atomic mass is 32.1. The summed E-state index contributed by atoms with van der Waals surface area (Å²) in [6.45, 7) is 2.47. The summed E-state index contributed by atoms with van der Waals surface area (Å²) < 4.78 is 0. The minimum absolute atomic E-state index is 0.0268. The third-order valence-corrected chi connectivity index (χ3v) is 4.33. The number of nitrogens with two attached hydrogens (primary N) is 1. The highest BCUT2D eigenvalue weighted by Crippen LogP contribution is 2.19. The fraction of sp³-hybridized carbons (Fsp3) is 0.538. The first-order valence-corrected chi connectivity index (χ1v) is 7.48. The van der Waals surface area contributed by atoms with Crippen molar-refractivity contribution in [2.24, 2.45) is 5.73 Å². The second-order valence-corrected chi connectivity index (χ2v) is 5.82. The monoisotopic (exact) mass is 297 g/mol. The number of carboxylic acid groups (broad SMARTS) is 1. The van der Waals surface area contributed by atoms with Crippen molar-refractivity contribution in [2.75, 3.05) is 32.7 Å². The average Bonchev–Trinajstić information content (AvgIpc) is 2.85. The van der Waals surface area contributed by atoms with Crippen LogP contribution in [0.2, 0.25) is 0 Å². The molecule has 110 valence electrons. The molecule has 6 nitrogen and oxygen atoms in total. The lowest BCUT2D eigenvalue weighted by Gasteiger charge is -2.23. The Bertz CT molecular complexity index is 463. The number of carbonyl (C=O) groups is 2. The summed E-state index contributed by atoms with van der Waals surface area (Å²) in [7, 11) is 0. The van der Waals surface area contributed by atoms with E-state index in [1.807, 2.05) is 22.4 Å². The van der Waals surface area contributed by atoms with Gasteiger partial charge in [-0.05, 0) is 17.9 Å². The largest absolute Gasteiger partial charge is 0.480 e. The van der Waals surface area contributed by atoms with E-state index in [2.05, 4.69) is 0 Å². The summed E-state index contributed by atoms with van der Waals surface area (Å²) in [5.74, 6) is -0.912. The number of hydrogen-bond donors (Lipinski definition) is 2. The van der Waals surface area contributed by atoms with Crippen LogP contribution in [0.1, 0.15) is 17.3 Å². The van der Waals surface area contributed by atoms with Gasteiger partial charge in [0.25, 0.3) is 0 Å². The van der Waals surface area contributed by atoms with E-state index in [9.17, 15) is 9.59 Å². The molecule has 0 aromatic carbocycles. The van der Waals surface area contributed by atoms with Gasteiger partial charge in [0.2, 0.25) is 5.91 Å². The Morgan fingerprint density at radius 1 is 1.35 bits per heavy atom. The Morgan fingerprint density at radius 3 is 2.80 bits per heavy atom. The zero-order chi connectivity index (χ0) is 14.5. The van der Waals surface area contributed by atoms with Crippen molar-refractivity contribution in [3.8, 4) is 0 Å². The molecule has 7 heteroatoms. The minimum Gasteiger partial charge on any atom is -0.480 e. The molecule has 1 aliphatic heterocycles. The van der Waals surface area contributed by atoms with Crippen LogP contribution < -0.4 is 5.73 Å². The van der Waals surface area contributed by atoms with Crippen LogP contribution in [0.25, 0.3) is 0 Å². The summed E-state index contributed by atoms with van der Waals surface area (Å²) in [6.07, 6.45) is 0.774. The molecular formula is C13H19N3O3S. The maximum atomic E-state index is 12.4. The second kappa shape index (κ2) is 6.83. The van der Waals surface area contributed by atoms with Crippen molar-refractivity contribution in [3.63, 3.8) is 0 Å². The molecule has 20 heavy (non-hydrogen) atoms. The molecular weight excluding hydrogens is 278 g/mol.